The van der Waals surface area contributed by atoms with Gasteiger partial charge < -0.3 is 10.2 Å². The summed E-state index contributed by atoms with van der Waals surface area (Å²) in [7, 11) is 0. The van der Waals surface area contributed by atoms with E-state index in [-0.39, 0.29) is 30.7 Å². The molecule has 0 aliphatic carbocycles. The first-order chi connectivity index (χ1) is 13.7. The van der Waals surface area contributed by atoms with E-state index in [9.17, 15) is 22.8 Å². The Bertz CT molecular complexity index is 867. The lowest BCUT2D eigenvalue weighted by molar-refractivity contribution is -0.139. The van der Waals surface area contributed by atoms with Gasteiger partial charge in [-0.15, -0.1) is 0 Å². The summed E-state index contributed by atoms with van der Waals surface area (Å²) in [6.45, 7) is 0.845. The van der Waals surface area contributed by atoms with Crippen molar-refractivity contribution in [3.8, 4) is 0 Å². The molecule has 1 aliphatic heterocycles. The van der Waals surface area contributed by atoms with Crippen molar-refractivity contribution in [2.45, 2.75) is 32.1 Å². The van der Waals surface area contributed by atoms with Gasteiger partial charge >= 0.3 is 6.18 Å². The molecule has 1 fully saturated rings. The molecule has 2 aromatic carbocycles. The molecule has 2 aromatic rings. The molecule has 1 atom stereocenters. The SMILES string of the molecule is O=C(NCc1ccc(C(F)(F)F)cc1)[C@H]1CCC(=O)N(Cc2ccc(Cl)cc2)C1. The summed E-state index contributed by atoms with van der Waals surface area (Å²) in [5, 5.41) is 3.37. The molecule has 0 saturated carbocycles. The van der Waals surface area contributed by atoms with Gasteiger partial charge in [-0.1, -0.05) is 35.9 Å². The van der Waals surface area contributed by atoms with Gasteiger partial charge in [0.15, 0.2) is 0 Å². The summed E-state index contributed by atoms with van der Waals surface area (Å²) < 4.78 is 37.8. The number of piperidine rings is 1. The molecule has 1 N–H and O–H groups in total. The van der Waals surface area contributed by atoms with Crippen LogP contribution in [-0.4, -0.2) is 23.3 Å². The molecule has 1 aliphatic rings. The molecule has 2 amide bonds. The minimum atomic E-state index is -4.38. The third-order valence-corrected chi connectivity index (χ3v) is 5.16. The minimum Gasteiger partial charge on any atom is -0.352 e. The van der Waals surface area contributed by atoms with Gasteiger partial charge in [0.05, 0.1) is 11.5 Å². The lowest BCUT2D eigenvalue weighted by Gasteiger charge is -2.32. The van der Waals surface area contributed by atoms with Crippen LogP contribution < -0.4 is 5.32 Å². The van der Waals surface area contributed by atoms with Crippen LogP contribution in [-0.2, 0) is 28.9 Å². The highest BCUT2D eigenvalue weighted by atomic mass is 35.5. The maximum Gasteiger partial charge on any atom is 0.416 e. The van der Waals surface area contributed by atoms with E-state index in [1.165, 1.54) is 12.1 Å². The van der Waals surface area contributed by atoms with E-state index in [0.29, 0.717) is 30.1 Å². The molecule has 154 valence electrons. The lowest BCUT2D eigenvalue weighted by Crippen LogP contribution is -2.45. The number of carbonyl (C=O) groups excluding carboxylic acids is 2. The molecule has 0 bridgehead atoms. The number of nitrogens with zero attached hydrogens (tertiary/aromatic N) is 1. The van der Waals surface area contributed by atoms with Crippen LogP contribution in [0.15, 0.2) is 48.5 Å². The van der Waals surface area contributed by atoms with E-state index < -0.39 is 11.7 Å². The quantitative estimate of drug-likeness (QED) is 0.772. The summed E-state index contributed by atoms with van der Waals surface area (Å²) in [6.07, 6.45) is -3.65. The second-order valence-electron chi connectivity index (χ2n) is 7.05. The minimum absolute atomic E-state index is 0.00765. The standard InChI is InChI=1S/C21H20ClF3N2O2/c22-18-8-3-15(4-9-18)12-27-13-16(5-10-19(27)28)20(29)26-11-14-1-6-17(7-2-14)21(23,24)25/h1-4,6-9,16H,5,10-13H2,(H,26,29)/t16-/m0/s1. The molecular formula is C21H20ClF3N2O2. The molecule has 1 saturated heterocycles. The molecule has 1 heterocycles. The summed E-state index contributed by atoms with van der Waals surface area (Å²) in [5.74, 6) is -0.570. The van der Waals surface area contributed by atoms with Crippen LogP contribution >= 0.6 is 11.6 Å². The number of carbonyl (C=O) groups is 2. The number of amides is 2. The Balaban J connectivity index is 1.55. The van der Waals surface area contributed by atoms with Crippen molar-refractivity contribution < 1.29 is 22.8 Å². The van der Waals surface area contributed by atoms with Crippen molar-refractivity contribution in [1.29, 1.82) is 0 Å². The van der Waals surface area contributed by atoms with E-state index in [1.807, 2.05) is 12.1 Å². The number of benzene rings is 2. The van der Waals surface area contributed by atoms with Crippen molar-refractivity contribution in [3.63, 3.8) is 0 Å². The fraction of sp³-hybridized carbons (Fsp3) is 0.333. The molecule has 0 spiro atoms. The number of rotatable bonds is 5. The fourth-order valence-corrected chi connectivity index (χ4v) is 3.36. The first-order valence-corrected chi connectivity index (χ1v) is 9.56. The maximum absolute atomic E-state index is 12.6. The smallest absolute Gasteiger partial charge is 0.352 e. The third kappa shape index (κ3) is 5.73. The van der Waals surface area contributed by atoms with E-state index >= 15 is 0 Å². The summed E-state index contributed by atoms with van der Waals surface area (Å²) >= 11 is 5.87. The zero-order valence-corrected chi connectivity index (χ0v) is 16.3. The monoisotopic (exact) mass is 424 g/mol. The normalized spacial score (nSPS) is 17.3. The predicted octanol–water partition coefficient (Wildman–Crippen LogP) is 4.41. The van der Waals surface area contributed by atoms with E-state index in [1.54, 1.807) is 17.0 Å². The number of likely N-dealkylation sites (tertiary alicyclic amines) is 1. The fourth-order valence-electron chi connectivity index (χ4n) is 3.24. The van der Waals surface area contributed by atoms with Crippen LogP contribution in [0.2, 0.25) is 5.02 Å². The average Bonchev–Trinajstić information content (AvgIpc) is 2.69. The number of halogens is 4. The Labute approximate surface area is 171 Å². The van der Waals surface area contributed by atoms with E-state index in [2.05, 4.69) is 5.32 Å². The zero-order valence-electron chi connectivity index (χ0n) is 15.5. The summed E-state index contributed by atoms with van der Waals surface area (Å²) in [5.41, 5.74) is 0.779. The first kappa shape index (κ1) is 21.2. The van der Waals surface area contributed by atoms with Gasteiger partial charge in [-0.3, -0.25) is 9.59 Å². The van der Waals surface area contributed by atoms with Gasteiger partial charge in [-0.2, -0.15) is 13.2 Å². The Morgan fingerprint density at radius 1 is 1.07 bits per heavy atom. The van der Waals surface area contributed by atoms with Crippen LogP contribution in [0.25, 0.3) is 0 Å². The second kappa shape index (κ2) is 8.86. The highest BCUT2D eigenvalue weighted by Crippen LogP contribution is 2.29. The molecule has 3 rings (SSSR count). The van der Waals surface area contributed by atoms with Crippen molar-refractivity contribution in [2.24, 2.45) is 5.92 Å². The van der Waals surface area contributed by atoms with Gasteiger partial charge in [0.1, 0.15) is 0 Å². The predicted molar refractivity (Wildman–Crippen MR) is 103 cm³/mol. The van der Waals surface area contributed by atoms with Crippen LogP contribution in [0.5, 0.6) is 0 Å². The second-order valence-corrected chi connectivity index (χ2v) is 7.49. The maximum atomic E-state index is 12.6. The average molecular weight is 425 g/mol. The third-order valence-electron chi connectivity index (χ3n) is 4.91. The molecule has 0 unspecified atom stereocenters. The lowest BCUT2D eigenvalue weighted by atomic mass is 9.96. The Hall–Kier alpha value is -2.54. The van der Waals surface area contributed by atoms with Crippen molar-refractivity contribution in [3.05, 3.63) is 70.2 Å². The summed E-state index contributed by atoms with van der Waals surface area (Å²) in [6, 6.07) is 11.9. The number of hydrogen-bond donors (Lipinski definition) is 1. The summed E-state index contributed by atoms with van der Waals surface area (Å²) in [4.78, 5) is 26.4. The molecule has 29 heavy (non-hydrogen) atoms. The molecular weight excluding hydrogens is 405 g/mol. The van der Waals surface area contributed by atoms with Gasteiger partial charge in [0, 0.05) is 31.1 Å². The Morgan fingerprint density at radius 3 is 2.31 bits per heavy atom. The highest BCUT2D eigenvalue weighted by Gasteiger charge is 2.31. The molecule has 0 radical (unpaired) electrons. The van der Waals surface area contributed by atoms with Crippen molar-refractivity contribution >= 4 is 23.4 Å². The van der Waals surface area contributed by atoms with Gasteiger partial charge in [0.2, 0.25) is 11.8 Å². The Morgan fingerprint density at radius 2 is 1.69 bits per heavy atom. The number of hydrogen-bond acceptors (Lipinski definition) is 2. The molecule has 0 aromatic heterocycles. The van der Waals surface area contributed by atoms with Crippen molar-refractivity contribution in [2.75, 3.05) is 6.54 Å². The van der Waals surface area contributed by atoms with Crippen molar-refractivity contribution in [1.82, 2.24) is 10.2 Å². The zero-order chi connectivity index (χ0) is 21.0. The van der Waals surface area contributed by atoms with Crippen LogP contribution in [0.1, 0.15) is 29.5 Å². The van der Waals surface area contributed by atoms with Crippen LogP contribution in [0.4, 0.5) is 13.2 Å². The van der Waals surface area contributed by atoms with Gasteiger partial charge in [-0.25, -0.2) is 0 Å². The van der Waals surface area contributed by atoms with Gasteiger partial charge in [0.25, 0.3) is 0 Å². The van der Waals surface area contributed by atoms with Crippen LogP contribution in [0.3, 0.4) is 0 Å². The molecule has 4 nitrogen and oxygen atoms in total. The Kier molecular flexibility index (Phi) is 6.47. The van der Waals surface area contributed by atoms with E-state index in [4.69, 9.17) is 11.6 Å². The van der Waals surface area contributed by atoms with E-state index in [0.717, 1.165) is 17.7 Å². The topological polar surface area (TPSA) is 49.4 Å². The van der Waals surface area contributed by atoms with Gasteiger partial charge in [-0.05, 0) is 41.8 Å². The molecule has 8 heteroatoms. The number of alkyl halides is 3. The largest absolute Gasteiger partial charge is 0.416 e. The number of nitrogens with one attached hydrogen (secondary N) is 1. The highest BCUT2D eigenvalue weighted by molar-refractivity contribution is 6.30. The first-order valence-electron chi connectivity index (χ1n) is 9.18. The van der Waals surface area contributed by atoms with Crippen LogP contribution in [0, 0.1) is 5.92 Å².